The highest BCUT2D eigenvalue weighted by Crippen LogP contribution is 2.19. The number of rotatable bonds is 6. The molecule has 0 fully saturated rings. The molecule has 0 radical (unpaired) electrons. The average molecular weight is 384 g/mol. The molecule has 2 aromatic carbocycles. The molecule has 0 atom stereocenters. The lowest BCUT2D eigenvalue weighted by atomic mass is 10.1. The summed E-state index contributed by atoms with van der Waals surface area (Å²) in [5.74, 6) is 0.519. The fourth-order valence-electron chi connectivity index (χ4n) is 2.51. The van der Waals surface area contributed by atoms with Gasteiger partial charge in [0.15, 0.2) is 0 Å². The van der Waals surface area contributed by atoms with Crippen molar-refractivity contribution in [2.24, 2.45) is 0 Å². The van der Waals surface area contributed by atoms with Gasteiger partial charge in [-0.3, -0.25) is 14.2 Å². The third-order valence-corrected chi connectivity index (χ3v) is 4.26. The summed E-state index contributed by atoms with van der Waals surface area (Å²) in [6.45, 7) is 0.638. The molecule has 3 aromatic rings. The standard InChI is InChI=1S/C20H18ClN3O3/c1-27-17-8-4-14(5-9-17)18-12-19(25)24(13-23-18)11-10-22-20(26)15-2-6-16(21)7-3-15/h2-9,12-13H,10-11H2,1H3,(H,22,26). The van der Waals surface area contributed by atoms with Crippen molar-refractivity contribution in [3.63, 3.8) is 0 Å². The van der Waals surface area contributed by atoms with E-state index in [2.05, 4.69) is 10.3 Å². The minimum absolute atomic E-state index is 0.184. The summed E-state index contributed by atoms with van der Waals surface area (Å²) < 4.78 is 6.58. The van der Waals surface area contributed by atoms with Crippen molar-refractivity contribution in [3.8, 4) is 17.0 Å². The maximum Gasteiger partial charge on any atom is 0.253 e. The van der Waals surface area contributed by atoms with Crippen molar-refractivity contribution < 1.29 is 9.53 Å². The number of carbonyl (C=O) groups is 1. The molecule has 1 N–H and O–H groups in total. The summed E-state index contributed by atoms with van der Waals surface area (Å²) in [6.07, 6.45) is 1.48. The van der Waals surface area contributed by atoms with Crippen molar-refractivity contribution in [2.45, 2.75) is 6.54 Å². The number of hydrogen-bond acceptors (Lipinski definition) is 4. The Bertz CT molecular complexity index is 983. The molecule has 3 rings (SSSR count). The van der Waals surface area contributed by atoms with E-state index in [1.807, 2.05) is 24.3 Å². The number of amides is 1. The molecular weight excluding hydrogens is 366 g/mol. The molecule has 0 unspecified atom stereocenters. The third-order valence-electron chi connectivity index (χ3n) is 4.01. The molecule has 1 amide bonds. The fourth-order valence-corrected chi connectivity index (χ4v) is 2.63. The monoisotopic (exact) mass is 383 g/mol. The summed E-state index contributed by atoms with van der Waals surface area (Å²) in [5.41, 5.74) is 1.75. The van der Waals surface area contributed by atoms with Crippen LogP contribution in [0.1, 0.15) is 10.4 Å². The first kappa shape index (κ1) is 18.7. The van der Waals surface area contributed by atoms with Crippen LogP contribution in [0, 0.1) is 0 Å². The lowest BCUT2D eigenvalue weighted by Gasteiger charge is -2.09. The molecule has 27 heavy (non-hydrogen) atoms. The second kappa shape index (κ2) is 8.51. The van der Waals surface area contributed by atoms with Crippen molar-refractivity contribution in [1.82, 2.24) is 14.9 Å². The van der Waals surface area contributed by atoms with Gasteiger partial charge in [0.05, 0.1) is 19.1 Å². The predicted octanol–water partition coefficient (Wildman–Crippen LogP) is 3.00. The summed E-state index contributed by atoms with van der Waals surface area (Å²) in [7, 11) is 1.60. The van der Waals surface area contributed by atoms with E-state index in [4.69, 9.17) is 16.3 Å². The van der Waals surface area contributed by atoms with E-state index in [0.29, 0.717) is 29.4 Å². The van der Waals surface area contributed by atoms with Gasteiger partial charge in [-0.1, -0.05) is 11.6 Å². The van der Waals surface area contributed by atoms with Gasteiger partial charge in [-0.2, -0.15) is 0 Å². The molecule has 0 saturated heterocycles. The van der Waals surface area contributed by atoms with Crippen LogP contribution < -0.4 is 15.6 Å². The molecule has 138 valence electrons. The number of aromatic nitrogens is 2. The summed E-state index contributed by atoms with van der Waals surface area (Å²) in [6, 6.07) is 15.4. The Kier molecular flexibility index (Phi) is 5.88. The van der Waals surface area contributed by atoms with Gasteiger partial charge in [-0.15, -0.1) is 0 Å². The van der Waals surface area contributed by atoms with Gasteiger partial charge in [-0.05, 0) is 48.5 Å². The van der Waals surface area contributed by atoms with Gasteiger partial charge in [0.1, 0.15) is 5.75 Å². The Balaban J connectivity index is 1.61. The average Bonchev–Trinajstić information content (AvgIpc) is 2.69. The number of nitrogens with zero attached hydrogens (tertiary/aromatic N) is 2. The molecule has 0 aliphatic heterocycles. The van der Waals surface area contributed by atoms with Crippen LogP contribution in [0.5, 0.6) is 5.75 Å². The molecule has 0 bridgehead atoms. The van der Waals surface area contributed by atoms with Gasteiger partial charge >= 0.3 is 0 Å². The highest BCUT2D eigenvalue weighted by atomic mass is 35.5. The van der Waals surface area contributed by atoms with Crippen molar-refractivity contribution >= 4 is 17.5 Å². The first-order valence-electron chi connectivity index (χ1n) is 8.31. The Morgan fingerprint density at radius 2 is 1.85 bits per heavy atom. The van der Waals surface area contributed by atoms with E-state index >= 15 is 0 Å². The van der Waals surface area contributed by atoms with Crippen LogP contribution >= 0.6 is 11.6 Å². The van der Waals surface area contributed by atoms with E-state index in [1.54, 1.807) is 31.4 Å². The zero-order valence-corrected chi connectivity index (χ0v) is 15.4. The lowest BCUT2D eigenvalue weighted by molar-refractivity contribution is 0.0952. The Labute approximate surface area is 161 Å². The molecule has 0 spiro atoms. The maximum absolute atomic E-state index is 12.3. The van der Waals surface area contributed by atoms with Crippen LogP contribution in [0.4, 0.5) is 0 Å². The molecular formula is C20H18ClN3O3. The SMILES string of the molecule is COc1ccc(-c2cc(=O)n(CCNC(=O)c3ccc(Cl)cc3)cn2)cc1. The first-order chi connectivity index (χ1) is 13.1. The predicted molar refractivity (Wildman–Crippen MR) is 104 cm³/mol. The van der Waals surface area contributed by atoms with Gasteiger partial charge in [0, 0.05) is 35.3 Å². The Morgan fingerprint density at radius 1 is 1.15 bits per heavy atom. The zero-order chi connectivity index (χ0) is 19.2. The molecule has 6 nitrogen and oxygen atoms in total. The molecule has 7 heteroatoms. The van der Waals surface area contributed by atoms with Gasteiger partial charge in [0.25, 0.3) is 11.5 Å². The van der Waals surface area contributed by atoms with Crippen molar-refractivity contribution in [2.75, 3.05) is 13.7 Å². The van der Waals surface area contributed by atoms with Crippen LogP contribution in [0.3, 0.4) is 0 Å². The number of nitrogens with one attached hydrogen (secondary N) is 1. The zero-order valence-electron chi connectivity index (χ0n) is 14.7. The number of ether oxygens (including phenoxy) is 1. The fraction of sp³-hybridized carbons (Fsp3) is 0.150. The van der Waals surface area contributed by atoms with Crippen molar-refractivity contribution in [1.29, 1.82) is 0 Å². The quantitative estimate of drug-likeness (QED) is 0.710. The minimum atomic E-state index is -0.220. The number of benzene rings is 2. The lowest BCUT2D eigenvalue weighted by Crippen LogP contribution is -2.30. The highest BCUT2D eigenvalue weighted by molar-refractivity contribution is 6.30. The summed E-state index contributed by atoms with van der Waals surface area (Å²) in [5, 5.41) is 3.34. The summed E-state index contributed by atoms with van der Waals surface area (Å²) in [4.78, 5) is 28.7. The van der Waals surface area contributed by atoms with Gasteiger partial charge < -0.3 is 10.1 Å². The van der Waals surface area contributed by atoms with Crippen LogP contribution in [-0.2, 0) is 6.54 Å². The second-order valence-electron chi connectivity index (χ2n) is 5.80. The molecule has 1 heterocycles. The number of methoxy groups -OCH3 is 1. The molecule has 0 aliphatic carbocycles. The highest BCUT2D eigenvalue weighted by Gasteiger charge is 2.06. The smallest absolute Gasteiger partial charge is 0.253 e. The van der Waals surface area contributed by atoms with Crippen LogP contribution in [0.15, 0.2) is 65.7 Å². The minimum Gasteiger partial charge on any atom is -0.497 e. The normalized spacial score (nSPS) is 10.4. The number of hydrogen-bond donors (Lipinski definition) is 1. The van der Waals surface area contributed by atoms with Crippen molar-refractivity contribution in [3.05, 3.63) is 81.9 Å². The topological polar surface area (TPSA) is 73.2 Å². The van der Waals surface area contributed by atoms with E-state index in [9.17, 15) is 9.59 Å². The number of carbonyl (C=O) groups excluding carboxylic acids is 1. The number of halogens is 1. The van der Waals surface area contributed by atoms with E-state index in [-0.39, 0.29) is 11.5 Å². The maximum atomic E-state index is 12.3. The largest absolute Gasteiger partial charge is 0.497 e. The summed E-state index contributed by atoms with van der Waals surface area (Å²) >= 11 is 5.81. The van der Waals surface area contributed by atoms with Crippen LogP contribution in [0.2, 0.25) is 5.02 Å². The van der Waals surface area contributed by atoms with Crippen LogP contribution in [0.25, 0.3) is 11.3 Å². The van der Waals surface area contributed by atoms with E-state index < -0.39 is 0 Å². The van der Waals surface area contributed by atoms with E-state index in [1.165, 1.54) is 17.0 Å². The molecule has 0 saturated carbocycles. The first-order valence-corrected chi connectivity index (χ1v) is 8.69. The van der Waals surface area contributed by atoms with Crippen LogP contribution in [-0.4, -0.2) is 29.1 Å². The Hall–Kier alpha value is -3.12. The second-order valence-corrected chi connectivity index (χ2v) is 6.23. The third kappa shape index (κ3) is 4.74. The van der Waals surface area contributed by atoms with Gasteiger partial charge in [-0.25, -0.2) is 4.98 Å². The Morgan fingerprint density at radius 3 is 2.48 bits per heavy atom. The van der Waals surface area contributed by atoms with E-state index in [0.717, 1.165) is 11.3 Å². The van der Waals surface area contributed by atoms with Gasteiger partial charge in [0.2, 0.25) is 0 Å². The molecule has 1 aromatic heterocycles. The molecule has 0 aliphatic rings.